The number of carbonyl (C=O) groups is 1. The summed E-state index contributed by atoms with van der Waals surface area (Å²) in [5.41, 5.74) is 1.23. The van der Waals surface area contributed by atoms with Crippen molar-refractivity contribution in [1.29, 1.82) is 0 Å². The Kier molecular flexibility index (Phi) is 4.09. The Labute approximate surface area is 133 Å². The van der Waals surface area contributed by atoms with Crippen LogP contribution in [0.15, 0.2) is 41.0 Å². The van der Waals surface area contributed by atoms with Gasteiger partial charge in [0, 0.05) is 6.54 Å². The topological polar surface area (TPSA) is 62.9 Å². The molecule has 5 nitrogen and oxygen atoms in total. The quantitative estimate of drug-likeness (QED) is 0.944. The number of likely N-dealkylation sites (tertiary alicyclic amines) is 1. The highest BCUT2D eigenvalue weighted by atomic mass is 35.5. The minimum absolute atomic E-state index is 0.0655. The van der Waals surface area contributed by atoms with Crippen LogP contribution in [0.4, 0.5) is 0 Å². The number of furan rings is 1. The predicted molar refractivity (Wildman–Crippen MR) is 81.1 cm³/mol. The lowest BCUT2D eigenvalue weighted by Crippen LogP contribution is -2.31. The molecule has 1 aromatic carbocycles. The standard InChI is InChI=1S/C16H16ClNO4/c1-21-12-4-2-3-10(7-12)14-8-11(19)9-18(14)16(20)13-5-6-22-15(13)17/h2-7,11,14,19H,8-9H2,1H3/t11-,14+/m0/s1. The van der Waals surface area contributed by atoms with Crippen molar-refractivity contribution < 1.29 is 19.1 Å². The first kappa shape index (κ1) is 14.9. The number of amides is 1. The van der Waals surface area contributed by atoms with E-state index < -0.39 is 6.10 Å². The fourth-order valence-electron chi connectivity index (χ4n) is 2.80. The fourth-order valence-corrected chi connectivity index (χ4v) is 3.00. The summed E-state index contributed by atoms with van der Waals surface area (Å²) in [6.07, 6.45) is 1.29. The number of hydrogen-bond acceptors (Lipinski definition) is 4. The van der Waals surface area contributed by atoms with Gasteiger partial charge in [-0.15, -0.1) is 0 Å². The van der Waals surface area contributed by atoms with Gasteiger partial charge in [-0.25, -0.2) is 0 Å². The van der Waals surface area contributed by atoms with E-state index in [2.05, 4.69) is 0 Å². The molecule has 0 spiro atoms. The second kappa shape index (κ2) is 6.02. The van der Waals surface area contributed by atoms with Crippen molar-refractivity contribution in [3.05, 3.63) is 52.9 Å². The molecule has 0 radical (unpaired) electrons. The third kappa shape index (κ3) is 2.69. The van der Waals surface area contributed by atoms with Gasteiger partial charge in [0.05, 0.1) is 31.1 Å². The van der Waals surface area contributed by atoms with E-state index in [1.54, 1.807) is 12.0 Å². The van der Waals surface area contributed by atoms with Crippen molar-refractivity contribution >= 4 is 17.5 Å². The summed E-state index contributed by atoms with van der Waals surface area (Å²) in [5, 5.41) is 10.1. The zero-order valence-corrected chi connectivity index (χ0v) is 12.8. The van der Waals surface area contributed by atoms with Crippen LogP contribution in [0.5, 0.6) is 5.75 Å². The Morgan fingerprint density at radius 2 is 2.27 bits per heavy atom. The highest BCUT2D eigenvalue weighted by Gasteiger charge is 2.36. The Balaban J connectivity index is 1.92. The Bertz CT molecular complexity index is 684. The molecule has 0 unspecified atom stereocenters. The third-order valence-corrected chi connectivity index (χ3v) is 4.16. The van der Waals surface area contributed by atoms with Crippen LogP contribution in [0.25, 0.3) is 0 Å². The molecular weight excluding hydrogens is 306 g/mol. The molecule has 6 heteroatoms. The summed E-state index contributed by atoms with van der Waals surface area (Å²) in [6, 6.07) is 8.82. The third-order valence-electron chi connectivity index (χ3n) is 3.87. The highest BCUT2D eigenvalue weighted by Crippen LogP contribution is 2.35. The van der Waals surface area contributed by atoms with Gasteiger partial charge in [-0.05, 0) is 41.8 Å². The van der Waals surface area contributed by atoms with Crippen molar-refractivity contribution in [3.63, 3.8) is 0 Å². The molecule has 1 saturated heterocycles. The SMILES string of the molecule is COc1cccc([C@H]2C[C@H](O)CN2C(=O)c2ccoc2Cl)c1. The molecular formula is C16H16ClNO4. The van der Waals surface area contributed by atoms with Gasteiger partial charge in [-0.3, -0.25) is 4.79 Å². The van der Waals surface area contributed by atoms with E-state index >= 15 is 0 Å². The van der Waals surface area contributed by atoms with Gasteiger partial charge in [0.1, 0.15) is 5.75 Å². The van der Waals surface area contributed by atoms with Gasteiger partial charge >= 0.3 is 0 Å². The Morgan fingerprint density at radius 3 is 2.95 bits per heavy atom. The molecule has 1 N–H and O–H groups in total. The van der Waals surface area contributed by atoms with Gasteiger partial charge in [0.15, 0.2) is 0 Å². The monoisotopic (exact) mass is 321 g/mol. The van der Waals surface area contributed by atoms with Crippen molar-refractivity contribution in [3.8, 4) is 5.75 Å². The van der Waals surface area contributed by atoms with Crippen LogP contribution < -0.4 is 4.74 Å². The normalized spacial score (nSPS) is 21.1. The van der Waals surface area contributed by atoms with E-state index in [4.69, 9.17) is 20.8 Å². The number of halogens is 1. The van der Waals surface area contributed by atoms with E-state index in [9.17, 15) is 9.90 Å². The van der Waals surface area contributed by atoms with Crippen LogP contribution in [0.1, 0.15) is 28.4 Å². The summed E-state index contributed by atoms with van der Waals surface area (Å²) in [6.45, 7) is 0.266. The van der Waals surface area contributed by atoms with E-state index in [0.717, 1.165) is 5.56 Å². The molecule has 0 bridgehead atoms. The number of carbonyl (C=O) groups excluding carboxylic acids is 1. The number of benzene rings is 1. The summed E-state index contributed by atoms with van der Waals surface area (Å²) in [5.74, 6) is 0.468. The molecule has 1 aliphatic rings. The maximum atomic E-state index is 12.7. The molecule has 1 fully saturated rings. The Hall–Kier alpha value is -1.98. The smallest absolute Gasteiger partial charge is 0.259 e. The molecule has 1 aliphatic heterocycles. The van der Waals surface area contributed by atoms with Crippen LogP contribution in [0.2, 0.25) is 5.22 Å². The number of ether oxygens (including phenoxy) is 1. The average molecular weight is 322 g/mol. The summed E-state index contributed by atoms with van der Waals surface area (Å²) in [4.78, 5) is 14.3. The number of β-amino-alcohol motifs (C(OH)–C–C–N with tert-alkyl or cyclic N) is 1. The average Bonchev–Trinajstić information content (AvgIpc) is 3.12. The van der Waals surface area contributed by atoms with E-state index in [-0.39, 0.29) is 23.7 Å². The zero-order valence-electron chi connectivity index (χ0n) is 12.0. The number of rotatable bonds is 3. The van der Waals surface area contributed by atoms with Gasteiger partial charge in [0.2, 0.25) is 5.22 Å². The number of aliphatic hydroxyl groups excluding tert-OH is 1. The minimum Gasteiger partial charge on any atom is -0.497 e. The fraction of sp³-hybridized carbons (Fsp3) is 0.312. The summed E-state index contributed by atoms with van der Waals surface area (Å²) in [7, 11) is 1.59. The van der Waals surface area contributed by atoms with Crippen molar-refractivity contribution in [2.24, 2.45) is 0 Å². The lowest BCUT2D eigenvalue weighted by atomic mass is 10.0. The summed E-state index contributed by atoms with van der Waals surface area (Å²) >= 11 is 5.89. The number of nitrogens with zero attached hydrogens (tertiary/aromatic N) is 1. The maximum Gasteiger partial charge on any atom is 0.259 e. The predicted octanol–water partition coefficient (Wildman–Crippen LogP) is 2.89. The van der Waals surface area contributed by atoms with Crippen LogP contribution in [-0.4, -0.2) is 35.7 Å². The molecule has 2 heterocycles. The molecule has 1 aromatic heterocycles. The summed E-state index contributed by atoms with van der Waals surface area (Å²) < 4.78 is 10.2. The van der Waals surface area contributed by atoms with Gasteiger partial charge in [-0.2, -0.15) is 0 Å². The molecule has 0 aliphatic carbocycles. The van der Waals surface area contributed by atoms with E-state index in [1.165, 1.54) is 12.3 Å². The van der Waals surface area contributed by atoms with Crippen LogP contribution in [0.3, 0.4) is 0 Å². The molecule has 0 saturated carbocycles. The number of aliphatic hydroxyl groups is 1. The first-order chi connectivity index (χ1) is 10.6. The van der Waals surface area contributed by atoms with Crippen LogP contribution in [-0.2, 0) is 0 Å². The van der Waals surface area contributed by atoms with Crippen molar-refractivity contribution in [1.82, 2.24) is 4.90 Å². The maximum absolute atomic E-state index is 12.7. The zero-order chi connectivity index (χ0) is 15.7. The lowest BCUT2D eigenvalue weighted by molar-refractivity contribution is 0.0715. The number of methoxy groups -OCH3 is 1. The molecule has 2 atom stereocenters. The van der Waals surface area contributed by atoms with Gasteiger partial charge in [-0.1, -0.05) is 12.1 Å². The minimum atomic E-state index is -0.564. The van der Waals surface area contributed by atoms with Gasteiger partial charge in [0.25, 0.3) is 5.91 Å². The van der Waals surface area contributed by atoms with E-state index in [1.807, 2.05) is 24.3 Å². The Morgan fingerprint density at radius 1 is 1.45 bits per heavy atom. The molecule has 2 aromatic rings. The first-order valence-electron chi connectivity index (χ1n) is 6.96. The lowest BCUT2D eigenvalue weighted by Gasteiger charge is -2.24. The first-order valence-corrected chi connectivity index (χ1v) is 7.34. The molecule has 116 valence electrons. The second-order valence-corrected chi connectivity index (χ2v) is 5.59. The van der Waals surface area contributed by atoms with Crippen LogP contribution in [0, 0.1) is 0 Å². The largest absolute Gasteiger partial charge is 0.497 e. The van der Waals surface area contributed by atoms with Gasteiger partial charge < -0.3 is 19.2 Å². The van der Waals surface area contributed by atoms with Crippen LogP contribution >= 0.6 is 11.6 Å². The highest BCUT2D eigenvalue weighted by molar-refractivity contribution is 6.32. The van der Waals surface area contributed by atoms with E-state index in [0.29, 0.717) is 17.7 Å². The van der Waals surface area contributed by atoms with Crippen molar-refractivity contribution in [2.45, 2.75) is 18.6 Å². The molecule has 1 amide bonds. The van der Waals surface area contributed by atoms with Crippen molar-refractivity contribution in [2.75, 3.05) is 13.7 Å². The second-order valence-electron chi connectivity index (χ2n) is 5.25. The molecule has 3 rings (SSSR count). The molecule has 22 heavy (non-hydrogen) atoms. The number of hydrogen-bond donors (Lipinski definition) is 1.